The largest absolute Gasteiger partial charge is 0.285 e. The Balaban J connectivity index is 2.61. The van der Waals surface area contributed by atoms with Crippen LogP contribution in [-0.2, 0) is 9.59 Å². The first-order valence-corrected chi connectivity index (χ1v) is 5.48. The number of rotatable bonds is 4. The van der Waals surface area contributed by atoms with E-state index in [0.717, 1.165) is 0 Å². The highest BCUT2D eigenvalue weighted by Gasteiger charge is 2.11. The monoisotopic (exact) mass is 234 g/mol. The second-order valence-corrected chi connectivity index (χ2v) is 3.69. The van der Waals surface area contributed by atoms with Crippen molar-refractivity contribution in [1.29, 1.82) is 0 Å². The van der Waals surface area contributed by atoms with Crippen molar-refractivity contribution in [2.75, 3.05) is 0 Å². The van der Waals surface area contributed by atoms with Crippen molar-refractivity contribution in [3.8, 4) is 0 Å². The van der Waals surface area contributed by atoms with Crippen LogP contribution in [0.4, 0.5) is 0 Å². The first-order valence-electron chi connectivity index (χ1n) is 5.48. The minimum absolute atomic E-state index is 0.233. The minimum Gasteiger partial charge on any atom is -0.285 e. The van der Waals surface area contributed by atoms with Crippen LogP contribution in [0, 0.1) is 0 Å². The van der Waals surface area contributed by atoms with Crippen LogP contribution < -0.4 is 0 Å². The minimum atomic E-state index is 0.233. The van der Waals surface area contributed by atoms with Gasteiger partial charge in [0, 0.05) is 11.1 Å². The van der Waals surface area contributed by atoms with Gasteiger partial charge in [-0.3, -0.25) is 9.59 Å². The molecule has 0 saturated carbocycles. The van der Waals surface area contributed by atoms with E-state index >= 15 is 0 Å². The van der Waals surface area contributed by atoms with Gasteiger partial charge in [-0.1, -0.05) is 60.7 Å². The van der Waals surface area contributed by atoms with Crippen LogP contribution in [-0.4, -0.2) is 12.6 Å². The van der Waals surface area contributed by atoms with Crippen molar-refractivity contribution in [3.63, 3.8) is 0 Å². The fourth-order valence-electron chi connectivity index (χ4n) is 1.72. The Labute approximate surface area is 106 Å². The summed E-state index contributed by atoms with van der Waals surface area (Å²) in [5.41, 5.74) is 1.79. The third-order valence-corrected chi connectivity index (χ3v) is 2.58. The Morgan fingerprint density at radius 1 is 0.611 bits per heavy atom. The van der Waals surface area contributed by atoms with E-state index in [-0.39, 0.29) is 11.1 Å². The van der Waals surface area contributed by atoms with Crippen molar-refractivity contribution in [3.05, 3.63) is 71.8 Å². The second kappa shape index (κ2) is 5.73. The Hall–Kier alpha value is -2.48. The third-order valence-electron chi connectivity index (χ3n) is 2.58. The summed E-state index contributed by atoms with van der Waals surface area (Å²) >= 11 is 0. The van der Waals surface area contributed by atoms with Gasteiger partial charge in [-0.25, -0.2) is 0 Å². The van der Waals surface area contributed by atoms with Crippen molar-refractivity contribution in [2.24, 2.45) is 0 Å². The fraction of sp³-hybridized carbons (Fsp3) is 0. The lowest BCUT2D eigenvalue weighted by Crippen LogP contribution is -1.94. The molecular weight excluding hydrogens is 224 g/mol. The average Bonchev–Trinajstić information content (AvgIpc) is 2.46. The Bertz CT molecular complexity index is 515. The molecule has 0 amide bonds. The molecule has 2 radical (unpaired) electrons. The van der Waals surface area contributed by atoms with Crippen LogP contribution in [0.3, 0.4) is 0 Å². The normalized spacial score (nSPS) is 11.6. The Kier molecular flexibility index (Phi) is 3.82. The van der Waals surface area contributed by atoms with E-state index in [2.05, 4.69) is 0 Å². The number of hydrogen-bond donors (Lipinski definition) is 0. The maximum Gasteiger partial charge on any atom is 0.234 e. The van der Waals surface area contributed by atoms with Crippen LogP contribution in [0.5, 0.6) is 0 Å². The van der Waals surface area contributed by atoms with Gasteiger partial charge in [0.1, 0.15) is 0 Å². The van der Waals surface area contributed by atoms with Gasteiger partial charge >= 0.3 is 0 Å². The summed E-state index contributed by atoms with van der Waals surface area (Å²) in [5.74, 6) is 0. The zero-order valence-corrected chi connectivity index (χ0v) is 9.59. The van der Waals surface area contributed by atoms with Crippen LogP contribution in [0.25, 0.3) is 11.1 Å². The summed E-state index contributed by atoms with van der Waals surface area (Å²) in [4.78, 5) is 22.2. The molecule has 0 aliphatic carbocycles. The lowest BCUT2D eigenvalue weighted by atomic mass is 9.96. The second-order valence-electron chi connectivity index (χ2n) is 3.69. The maximum absolute atomic E-state index is 11.1. The number of benzene rings is 2. The molecule has 0 aliphatic rings. The molecule has 86 valence electrons. The van der Waals surface area contributed by atoms with E-state index in [1.807, 2.05) is 24.7 Å². The summed E-state index contributed by atoms with van der Waals surface area (Å²) in [5, 5.41) is 0. The van der Waals surface area contributed by atoms with E-state index in [0.29, 0.717) is 11.1 Å². The van der Waals surface area contributed by atoms with Gasteiger partial charge in [-0.05, 0) is 11.1 Å². The predicted molar refractivity (Wildman–Crippen MR) is 71.1 cm³/mol. The molecular formula is C16H10O2. The molecule has 0 spiro atoms. The molecule has 2 heteroatoms. The van der Waals surface area contributed by atoms with Crippen molar-refractivity contribution < 1.29 is 9.59 Å². The average molecular weight is 234 g/mol. The van der Waals surface area contributed by atoms with E-state index in [9.17, 15) is 9.59 Å². The highest BCUT2D eigenvalue weighted by molar-refractivity contribution is 6.29. The highest BCUT2D eigenvalue weighted by Crippen LogP contribution is 2.23. The van der Waals surface area contributed by atoms with E-state index in [1.54, 1.807) is 48.5 Å². The molecule has 2 aromatic carbocycles. The highest BCUT2D eigenvalue weighted by atomic mass is 16.1. The molecule has 18 heavy (non-hydrogen) atoms. The van der Waals surface area contributed by atoms with Crippen LogP contribution in [0.1, 0.15) is 11.1 Å². The topological polar surface area (TPSA) is 34.1 Å². The van der Waals surface area contributed by atoms with Gasteiger partial charge in [0.2, 0.25) is 12.6 Å². The van der Waals surface area contributed by atoms with Crippen LogP contribution >= 0.6 is 0 Å². The molecule has 0 heterocycles. The SMILES string of the molecule is O=[C]/C(=C(\[C]=O)c1ccccc1)c1ccccc1. The number of carbonyl (C=O) groups excluding carboxylic acids is 2. The molecule has 0 unspecified atom stereocenters. The summed E-state index contributed by atoms with van der Waals surface area (Å²) in [6.45, 7) is 0. The summed E-state index contributed by atoms with van der Waals surface area (Å²) in [7, 11) is 0. The summed E-state index contributed by atoms with van der Waals surface area (Å²) < 4.78 is 0. The van der Waals surface area contributed by atoms with Crippen LogP contribution in [0.2, 0.25) is 0 Å². The number of allylic oxidation sites excluding steroid dienone is 2. The maximum atomic E-state index is 11.1. The quantitative estimate of drug-likeness (QED) is 0.602. The predicted octanol–water partition coefficient (Wildman–Crippen LogP) is 2.82. The van der Waals surface area contributed by atoms with Gasteiger partial charge in [0.25, 0.3) is 0 Å². The first kappa shape index (κ1) is 12.0. The molecule has 0 aliphatic heterocycles. The molecule has 2 aromatic rings. The lowest BCUT2D eigenvalue weighted by Gasteiger charge is -2.04. The molecule has 0 N–H and O–H groups in total. The van der Waals surface area contributed by atoms with E-state index in [1.165, 1.54) is 0 Å². The van der Waals surface area contributed by atoms with Crippen molar-refractivity contribution in [2.45, 2.75) is 0 Å². The molecule has 0 atom stereocenters. The molecule has 0 saturated heterocycles. The zero-order valence-electron chi connectivity index (χ0n) is 9.59. The third kappa shape index (κ3) is 2.43. The van der Waals surface area contributed by atoms with Crippen LogP contribution in [0.15, 0.2) is 60.7 Å². The molecule has 0 fully saturated rings. The Morgan fingerprint density at radius 2 is 0.944 bits per heavy atom. The fourth-order valence-corrected chi connectivity index (χ4v) is 1.72. The van der Waals surface area contributed by atoms with Gasteiger partial charge < -0.3 is 0 Å². The molecule has 0 aromatic heterocycles. The van der Waals surface area contributed by atoms with Gasteiger partial charge in [0.05, 0.1) is 0 Å². The van der Waals surface area contributed by atoms with Gasteiger partial charge in [-0.15, -0.1) is 0 Å². The first-order chi connectivity index (χ1) is 8.86. The molecule has 2 nitrogen and oxygen atoms in total. The van der Waals surface area contributed by atoms with Crippen molar-refractivity contribution >= 4 is 23.7 Å². The summed E-state index contributed by atoms with van der Waals surface area (Å²) in [6.07, 6.45) is 3.67. The smallest absolute Gasteiger partial charge is 0.234 e. The van der Waals surface area contributed by atoms with Crippen molar-refractivity contribution in [1.82, 2.24) is 0 Å². The zero-order chi connectivity index (χ0) is 12.8. The Morgan fingerprint density at radius 3 is 1.22 bits per heavy atom. The number of hydrogen-bond acceptors (Lipinski definition) is 2. The molecule has 2 rings (SSSR count). The summed E-state index contributed by atoms with van der Waals surface area (Å²) in [6, 6.07) is 18.0. The van der Waals surface area contributed by atoms with E-state index < -0.39 is 0 Å². The van der Waals surface area contributed by atoms with E-state index in [4.69, 9.17) is 0 Å². The van der Waals surface area contributed by atoms with Gasteiger partial charge in [-0.2, -0.15) is 0 Å². The lowest BCUT2D eigenvalue weighted by molar-refractivity contribution is 0.563. The van der Waals surface area contributed by atoms with Gasteiger partial charge in [0.15, 0.2) is 0 Å². The molecule has 0 bridgehead atoms. The standard InChI is InChI=1S/C16H10O2/c17-11-15(13-7-3-1-4-8-13)16(12-18)14-9-5-2-6-10-14/h1-10H/b16-15-.